The number of aromatic nitrogens is 2. The minimum absolute atomic E-state index is 0.0389. The fourth-order valence-corrected chi connectivity index (χ4v) is 1.48. The van der Waals surface area contributed by atoms with Crippen LogP contribution in [0.2, 0.25) is 0 Å². The summed E-state index contributed by atoms with van der Waals surface area (Å²) in [4.78, 5) is 25.0. The van der Waals surface area contributed by atoms with Crippen LogP contribution in [0.1, 0.15) is 30.6 Å². The van der Waals surface area contributed by atoms with Gasteiger partial charge >= 0.3 is 5.97 Å². The van der Waals surface area contributed by atoms with Crippen molar-refractivity contribution in [3.8, 4) is 0 Å². The molecule has 1 aromatic heterocycles. The van der Waals surface area contributed by atoms with E-state index in [1.165, 1.54) is 17.3 Å². The molecule has 0 saturated heterocycles. The number of hydrogen-bond donors (Lipinski definition) is 0. The maximum absolute atomic E-state index is 12.1. The lowest BCUT2D eigenvalue weighted by Gasteiger charge is -2.20. The molecule has 0 aliphatic heterocycles. The van der Waals surface area contributed by atoms with Crippen LogP contribution in [0.15, 0.2) is 18.5 Å². The van der Waals surface area contributed by atoms with Crippen molar-refractivity contribution in [1.82, 2.24) is 15.1 Å². The third-order valence-corrected chi connectivity index (χ3v) is 2.24. The molecule has 0 saturated carbocycles. The number of carbonyl (C=O) groups excluding carboxylic acids is 2. The van der Waals surface area contributed by atoms with Crippen molar-refractivity contribution >= 4 is 11.9 Å². The molecule has 0 N–H and O–H groups in total. The summed E-state index contributed by atoms with van der Waals surface area (Å²) in [5.74, 6) is -0.638. The van der Waals surface area contributed by atoms with Crippen molar-refractivity contribution in [3.63, 3.8) is 0 Å². The normalized spacial score (nSPS) is 9.89. The molecule has 1 aromatic rings. The Morgan fingerprint density at radius 3 is 2.67 bits per heavy atom. The molecule has 0 bridgehead atoms. The Hall–Kier alpha value is -1.98. The summed E-state index contributed by atoms with van der Waals surface area (Å²) < 4.78 is 4.84. The van der Waals surface area contributed by atoms with Crippen LogP contribution in [0.3, 0.4) is 0 Å². The average Bonchev–Trinajstić information content (AvgIpc) is 2.39. The molecule has 0 radical (unpaired) electrons. The van der Waals surface area contributed by atoms with Gasteiger partial charge in [0, 0.05) is 6.54 Å². The second-order valence-corrected chi connectivity index (χ2v) is 3.66. The quantitative estimate of drug-likeness (QED) is 0.702. The van der Waals surface area contributed by atoms with Gasteiger partial charge in [-0.15, -0.1) is 0 Å². The predicted molar refractivity (Wildman–Crippen MR) is 64.9 cm³/mol. The van der Waals surface area contributed by atoms with E-state index in [9.17, 15) is 9.59 Å². The van der Waals surface area contributed by atoms with E-state index in [4.69, 9.17) is 4.74 Å². The number of nitrogens with zero attached hydrogens (tertiary/aromatic N) is 3. The molecule has 0 spiro atoms. The molecule has 0 fully saturated rings. The summed E-state index contributed by atoms with van der Waals surface area (Å²) in [6.07, 6.45) is 3.60. The van der Waals surface area contributed by atoms with Crippen molar-refractivity contribution in [2.24, 2.45) is 0 Å². The van der Waals surface area contributed by atoms with Gasteiger partial charge in [-0.25, -0.2) is 0 Å². The molecule has 98 valence electrons. The Kier molecular flexibility index (Phi) is 5.76. The van der Waals surface area contributed by atoms with Crippen molar-refractivity contribution in [2.45, 2.75) is 20.3 Å². The molecule has 1 amide bonds. The molecule has 0 aliphatic carbocycles. The van der Waals surface area contributed by atoms with Crippen LogP contribution in [0, 0.1) is 0 Å². The van der Waals surface area contributed by atoms with Gasteiger partial charge in [-0.05, 0) is 19.4 Å². The van der Waals surface area contributed by atoms with E-state index in [0.29, 0.717) is 18.7 Å². The van der Waals surface area contributed by atoms with Crippen molar-refractivity contribution in [1.29, 1.82) is 0 Å². The van der Waals surface area contributed by atoms with Crippen LogP contribution in [-0.4, -0.2) is 46.7 Å². The van der Waals surface area contributed by atoms with E-state index >= 15 is 0 Å². The highest BCUT2D eigenvalue weighted by atomic mass is 16.5. The third kappa shape index (κ3) is 4.12. The molecule has 0 unspecified atom stereocenters. The molecule has 0 aromatic carbocycles. The van der Waals surface area contributed by atoms with Gasteiger partial charge in [0.2, 0.25) is 0 Å². The van der Waals surface area contributed by atoms with E-state index < -0.39 is 5.97 Å². The maximum atomic E-state index is 12.1. The Morgan fingerprint density at radius 2 is 2.11 bits per heavy atom. The molecule has 0 atom stereocenters. The lowest BCUT2D eigenvalue weighted by atomic mass is 10.2. The van der Waals surface area contributed by atoms with Crippen LogP contribution >= 0.6 is 0 Å². The summed E-state index contributed by atoms with van der Waals surface area (Å²) >= 11 is 0. The molecular weight excluding hydrogens is 234 g/mol. The fraction of sp³-hybridized carbons (Fsp3) is 0.500. The Balaban J connectivity index is 2.72. The van der Waals surface area contributed by atoms with Crippen molar-refractivity contribution in [2.75, 3.05) is 19.7 Å². The maximum Gasteiger partial charge on any atom is 0.325 e. The van der Waals surface area contributed by atoms with E-state index in [1.807, 2.05) is 6.92 Å². The largest absolute Gasteiger partial charge is 0.465 e. The molecule has 0 aliphatic rings. The Morgan fingerprint density at radius 1 is 1.33 bits per heavy atom. The first kappa shape index (κ1) is 14.1. The van der Waals surface area contributed by atoms with E-state index in [-0.39, 0.29) is 12.5 Å². The molecule has 18 heavy (non-hydrogen) atoms. The first-order chi connectivity index (χ1) is 8.69. The Labute approximate surface area is 106 Å². The van der Waals surface area contributed by atoms with Crippen molar-refractivity contribution < 1.29 is 14.3 Å². The molecule has 6 nitrogen and oxygen atoms in total. The molecule has 1 rings (SSSR count). The van der Waals surface area contributed by atoms with Gasteiger partial charge in [-0.3, -0.25) is 9.59 Å². The summed E-state index contributed by atoms with van der Waals surface area (Å²) in [6, 6.07) is 1.57. The lowest BCUT2D eigenvalue weighted by molar-refractivity contribution is -0.143. The molecule has 6 heteroatoms. The number of amides is 1. The second-order valence-electron chi connectivity index (χ2n) is 3.66. The first-order valence-electron chi connectivity index (χ1n) is 5.90. The smallest absolute Gasteiger partial charge is 0.325 e. The molecule has 1 heterocycles. The predicted octanol–water partition coefficient (Wildman–Crippen LogP) is 0.892. The van der Waals surface area contributed by atoms with Crippen LogP contribution in [0.5, 0.6) is 0 Å². The second kappa shape index (κ2) is 7.37. The highest BCUT2D eigenvalue weighted by Crippen LogP contribution is 2.03. The lowest BCUT2D eigenvalue weighted by Crippen LogP contribution is -2.37. The van der Waals surface area contributed by atoms with Gasteiger partial charge < -0.3 is 9.64 Å². The number of ether oxygens (including phenoxy) is 1. The number of rotatable bonds is 6. The average molecular weight is 251 g/mol. The highest BCUT2D eigenvalue weighted by Gasteiger charge is 2.18. The molecular formula is C12H17N3O3. The van der Waals surface area contributed by atoms with E-state index in [2.05, 4.69) is 10.2 Å². The highest BCUT2D eigenvalue weighted by molar-refractivity contribution is 5.95. The summed E-state index contributed by atoms with van der Waals surface area (Å²) in [7, 11) is 0. The standard InChI is InChI=1S/C12H17N3O3/c1-3-7-15(9-11(16)18-4-2)12(17)10-5-6-13-14-8-10/h5-6,8H,3-4,7,9H2,1-2H3. The van der Waals surface area contributed by atoms with Gasteiger partial charge in [0.1, 0.15) is 6.54 Å². The van der Waals surface area contributed by atoms with Crippen LogP contribution in [0.25, 0.3) is 0 Å². The SMILES string of the molecule is CCCN(CC(=O)OCC)C(=O)c1ccnnc1. The van der Waals surface area contributed by atoms with Gasteiger partial charge in [0.05, 0.1) is 24.6 Å². The van der Waals surface area contributed by atoms with Gasteiger partial charge in [0.15, 0.2) is 0 Å². The zero-order chi connectivity index (χ0) is 13.4. The van der Waals surface area contributed by atoms with Gasteiger partial charge in [0.25, 0.3) is 5.91 Å². The topological polar surface area (TPSA) is 72.4 Å². The van der Waals surface area contributed by atoms with Crippen LogP contribution in [0.4, 0.5) is 0 Å². The monoisotopic (exact) mass is 251 g/mol. The third-order valence-electron chi connectivity index (χ3n) is 2.24. The number of carbonyl (C=O) groups is 2. The first-order valence-corrected chi connectivity index (χ1v) is 5.90. The van der Waals surface area contributed by atoms with Gasteiger partial charge in [-0.1, -0.05) is 6.92 Å². The van der Waals surface area contributed by atoms with Crippen LogP contribution < -0.4 is 0 Å². The zero-order valence-electron chi connectivity index (χ0n) is 10.6. The minimum Gasteiger partial charge on any atom is -0.465 e. The van der Waals surface area contributed by atoms with Crippen LogP contribution in [-0.2, 0) is 9.53 Å². The summed E-state index contributed by atoms with van der Waals surface area (Å²) in [6.45, 7) is 4.44. The number of hydrogen-bond acceptors (Lipinski definition) is 5. The Bertz CT molecular complexity index is 395. The van der Waals surface area contributed by atoms with Crippen molar-refractivity contribution in [3.05, 3.63) is 24.0 Å². The summed E-state index contributed by atoms with van der Waals surface area (Å²) in [5, 5.41) is 7.26. The van der Waals surface area contributed by atoms with E-state index in [0.717, 1.165) is 6.42 Å². The number of esters is 1. The van der Waals surface area contributed by atoms with Gasteiger partial charge in [-0.2, -0.15) is 10.2 Å². The fourth-order valence-electron chi connectivity index (χ4n) is 1.48. The minimum atomic E-state index is -0.402. The van der Waals surface area contributed by atoms with E-state index in [1.54, 1.807) is 13.0 Å². The zero-order valence-corrected chi connectivity index (χ0v) is 10.6. The summed E-state index contributed by atoms with van der Waals surface area (Å²) in [5.41, 5.74) is 0.419.